The van der Waals surface area contributed by atoms with Crippen molar-refractivity contribution in [2.75, 3.05) is 6.61 Å². The van der Waals surface area contributed by atoms with Crippen molar-refractivity contribution in [2.45, 2.75) is 43.2 Å². The molecule has 292 valence electrons. The van der Waals surface area contributed by atoms with Crippen molar-refractivity contribution in [1.29, 1.82) is 0 Å². The number of benzene rings is 6. The summed E-state index contributed by atoms with van der Waals surface area (Å²) in [5.74, 6) is -2.83. The van der Waals surface area contributed by atoms with Crippen LogP contribution in [0.5, 0.6) is 0 Å². The van der Waals surface area contributed by atoms with Crippen molar-refractivity contribution in [2.24, 2.45) is 0 Å². The van der Waals surface area contributed by atoms with Gasteiger partial charge < -0.3 is 29.0 Å². The molecule has 1 aliphatic heterocycles. The van der Waals surface area contributed by atoms with E-state index in [2.05, 4.69) is 5.32 Å². The van der Waals surface area contributed by atoms with E-state index in [0.717, 1.165) is 16.7 Å². The number of hydrogen-bond acceptors (Lipinski definition) is 9. The Labute approximate surface area is 336 Å². The van der Waals surface area contributed by atoms with Crippen molar-refractivity contribution >= 4 is 23.8 Å². The van der Waals surface area contributed by atoms with E-state index in [4.69, 9.17) is 23.7 Å². The van der Waals surface area contributed by atoms with Gasteiger partial charge in [0.05, 0.1) is 23.3 Å². The molecule has 58 heavy (non-hydrogen) atoms. The molecule has 5 atom stereocenters. The third-order valence-corrected chi connectivity index (χ3v) is 9.76. The Balaban J connectivity index is 1.36. The summed E-state index contributed by atoms with van der Waals surface area (Å²) in [6.45, 7) is 0.970. The Bertz CT molecular complexity index is 2180. The Morgan fingerprint density at radius 3 is 1.22 bits per heavy atom. The minimum absolute atomic E-state index is 0.200. The minimum atomic E-state index is -1.55. The van der Waals surface area contributed by atoms with Crippen molar-refractivity contribution in [3.8, 4) is 0 Å². The van der Waals surface area contributed by atoms with Gasteiger partial charge in [0.25, 0.3) is 0 Å². The molecule has 0 saturated carbocycles. The molecule has 1 heterocycles. The molecule has 1 N–H and O–H groups in total. The molecule has 1 saturated heterocycles. The first-order chi connectivity index (χ1) is 28.3. The molecule has 0 spiro atoms. The van der Waals surface area contributed by atoms with Crippen LogP contribution in [0.2, 0.25) is 0 Å². The number of ether oxygens (including phenoxy) is 5. The fourth-order valence-electron chi connectivity index (χ4n) is 7.06. The van der Waals surface area contributed by atoms with E-state index in [0.29, 0.717) is 0 Å². The molecule has 0 unspecified atom stereocenters. The molecule has 0 aromatic heterocycles. The predicted molar refractivity (Wildman–Crippen MR) is 215 cm³/mol. The highest BCUT2D eigenvalue weighted by Gasteiger charge is 2.53. The SMILES string of the molecule is CC(=O)N[C@H]1[C@H](OC(=O)c2ccccc2)O[C@H](COC(c2ccccc2)(c2ccccc2)c2ccccc2)[C@@H](OC(=O)c2ccccc2)[C@@H]1OC(=O)c1ccccc1. The van der Waals surface area contributed by atoms with Gasteiger partial charge >= 0.3 is 17.9 Å². The van der Waals surface area contributed by atoms with Crippen LogP contribution in [0.1, 0.15) is 54.7 Å². The number of nitrogens with one attached hydrogen (secondary N) is 1. The van der Waals surface area contributed by atoms with Crippen LogP contribution < -0.4 is 5.32 Å². The van der Waals surface area contributed by atoms with Crippen molar-refractivity contribution in [1.82, 2.24) is 5.32 Å². The fourth-order valence-corrected chi connectivity index (χ4v) is 7.06. The molecule has 1 aliphatic rings. The van der Waals surface area contributed by atoms with Crippen LogP contribution >= 0.6 is 0 Å². The van der Waals surface area contributed by atoms with Gasteiger partial charge in [0.2, 0.25) is 12.2 Å². The molecule has 10 heteroatoms. The largest absolute Gasteiger partial charge is 0.452 e. The van der Waals surface area contributed by atoms with Gasteiger partial charge in [-0.05, 0) is 53.1 Å². The highest BCUT2D eigenvalue weighted by atomic mass is 16.7. The fraction of sp³-hybridized carbons (Fsp3) is 0.167. The van der Waals surface area contributed by atoms with Gasteiger partial charge in [0.1, 0.15) is 17.7 Å². The minimum Gasteiger partial charge on any atom is -0.452 e. The van der Waals surface area contributed by atoms with Crippen molar-refractivity contribution < 1.29 is 42.9 Å². The first kappa shape index (κ1) is 39.4. The molecule has 10 nitrogen and oxygen atoms in total. The average molecular weight is 776 g/mol. The summed E-state index contributed by atoms with van der Waals surface area (Å²) in [5.41, 5.74) is 1.75. The maximum absolute atomic E-state index is 14.0. The Kier molecular flexibility index (Phi) is 12.5. The van der Waals surface area contributed by atoms with Crippen LogP contribution in [-0.4, -0.2) is 61.1 Å². The van der Waals surface area contributed by atoms with Crippen LogP contribution in [0, 0.1) is 0 Å². The zero-order chi connectivity index (χ0) is 40.3. The highest BCUT2D eigenvalue weighted by molar-refractivity contribution is 5.91. The predicted octanol–water partition coefficient (Wildman–Crippen LogP) is 7.53. The number of amides is 1. The van der Waals surface area contributed by atoms with Crippen molar-refractivity contribution in [3.05, 3.63) is 215 Å². The van der Waals surface area contributed by atoms with E-state index in [9.17, 15) is 19.2 Å². The lowest BCUT2D eigenvalue weighted by atomic mass is 9.80. The second-order valence-electron chi connectivity index (χ2n) is 13.6. The molecular weight excluding hydrogens is 735 g/mol. The number of hydrogen-bond donors (Lipinski definition) is 1. The molecule has 6 aromatic carbocycles. The lowest BCUT2D eigenvalue weighted by molar-refractivity contribution is -0.259. The molecule has 1 amide bonds. The summed E-state index contributed by atoms with van der Waals surface area (Å²) >= 11 is 0. The summed E-state index contributed by atoms with van der Waals surface area (Å²) in [7, 11) is 0. The monoisotopic (exact) mass is 775 g/mol. The van der Waals surface area contributed by atoms with Gasteiger partial charge in [-0.2, -0.15) is 0 Å². The molecule has 1 fully saturated rings. The van der Waals surface area contributed by atoms with Gasteiger partial charge in [-0.1, -0.05) is 146 Å². The van der Waals surface area contributed by atoms with Crippen LogP contribution in [-0.2, 0) is 34.1 Å². The van der Waals surface area contributed by atoms with E-state index in [1.165, 1.54) is 6.92 Å². The van der Waals surface area contributed by atoms with Gasteiger partial charge in [-0.25, -0.2) is 14.4 Å². The first-order valence-electron chi connectivity index (χ1n) is 18.8. The first-order valence-corrected chi connectivity index (χ1v) is 18.8. The standard InChI is InChI=1S/C48H41NO9/c1-33(50)49-41-43(57-45(52)35-22-10-3-11-23-35)42(56-44(51)34-20-8-2-9-21-34)40(55-47(41)58-46(53)36-24-12-4-13-25-36)32-54-48(37-26-14-5-15-27-37,38-28-16-6-17-29-38)39-30-18-7-19-31-39/h2-31,40-43,47H,32H2,1H3,(H,49,50)/t40-,41-,42-,43-,47+/m1/s1. The van der Waals surface area contributed by atoms with E-state index < -0.39 is 60.1 Å². The maximum atomic E-state index is 14.0. The van der Waals surface area contributed by atoms with E-state index in [-0.39, 0.29) is 23.3 Å². The van der Waals surface area contributed by atoms with Crippen LogP contribution in [0.4, 0.5) is 0 Å². The van der Waals surface area contributed by atoms with E-state index in [1.807, 2.05) is 91.0 Å². The molecule has 0 aliphatic carbocycles. The Hall–Kier alpha value is -6.88. The zero-order valence-electron chi connectivity index (χ0n) is 31.6. The third-order valence-electron chi connectivity index (χ3n) is 9.76. The summed E-state index contributed by atoms with van der Waals surface area (Å²) in [6, 6.07) is 52.4. The number of esters is 3. The average Bonchev–Trinajstić information content (AvgIpc) is 3.27. The second-order valence-corrected chi connectivity index (χ2v) is 13.6. The topological polar surface area (TPSA) is 126 Å². The molecule has 0 bridgehead atoms. The molecular formula is C48H41NO9. The second kappa shape index (κ2) is 18.4. The lowest BCUT2D eigenvalue weighted by Crippen LogP contribution is -2.67. The van der Waals surface area contributed by atoms with Crippen LogP contribution in [0.15, 0.2) is 182 Å². The van der Waals surface area contributed by atoms with Gasteiger partial charge in [0.15, 0.2) is 12.2 Å². The van der Waals surface area contributed by atoms with E-state index in [1.54, 1.807) is 91.0 Å². The van der Waals surface area contributed by atoms with Gasteiger partial charge in [-0.3, -0.25) is 4.79 Å². The van der Waals surface area contributed by atoms with Crippen LogP contribution in [0.25, 0.3) is 0 Å². The van der Waals surface area contributed by atoms with Crippen LogP contribution in [0.3, 0.4) is 0 Å². The van der Waals surface area contributed by atoms with E-state index >= 15 is 0 Å². The van der Waals surface area contributed by atoms with Gasteiger partial charge in [0, 0.05) is 6.92 Å². The molecule has 6 aromatic rings. The zero-order valence-corrected chi connectivity index (χ0v) is 31.6. The summed E-state index contributed by atoms with van der Waals surface area (Å²) in [5, 5.41) is 2.76. The maximum Gasteiger partial charge on any atom is 0.340 e. The summed E-state index contributed by atoms with van der Waals surface area (Å²) < 4.78 is 32.2. The number of carbonyl (C=O) groups is 4. The summed E-state index contributed by atoms with van der Waals surface area (Å²) in [6.07, 6.45) is -5.68. The van der Waals surface area contributed by atoms with Gasteiger partial charge in [-0.15, -0.1) is 0 Å². The normalized spacial score (nSPS) is 18.9. The Morgan fingerprint density at radius 2 is 0.845 bits per heavy atom. The smallest absolute Gasteiger partial charge is 0.340 e. The van der Waals surface area contributed by atoms with Crippen molar-refractivity contribution in [3.63, 3.8) is 0 Å². The molecule has 7 rings (SSSR count). The highest BCUT2D eigenvalue weighted by Crippen LogP contribution is 2.41. The number of carbonyl (C=O) groups excluding carboxylic acids is 4. The summed E-state index contributed by atoms with van der Waals surface area (Å²) in [4.78, 5) is 54.5. The quantitative estimate of drug-likeness (QED) is 0.0720. The molecule has 0 radical (unpaired) electrons. The Morgan fingerprint density at radius 1 is 0.500 bits per heavy atom. The lowest BCUT2D eigenvalue weighted by Gasteiger charge is -2.46. The third kappa shape index (κ3) is 8.89. The number of rotatable bonds is 13.